The molecule has 1 aromatic rings. The Hall–Kier alpha value is -0.870. The third-order valence-electron chi connectivity index (χ3n) is 3.61. The number of nitrogens with zero attached hydrogens (tertiary/aromatic N) is 1. The van der Waals surface area contributed by atoms with Gasteiger partial charge >= 0.3 is 0 Å². The molecule has 1 saturated heterocycles. The van der Waals surface area contributed by atoms with Crippen molar-refractivity contribution in [3.63, 3.8) is 0 Å². The number of hydrogen-bond donors (Lipinski definition) is 1. The summed E-state index contributed by atoms with van der Waals surface area (Å²) in [5.74, 6) is 0.300. The Kier molecular flexibility index (Phi) is 5.20. The lowest BCUT2D eigenvalue weighted by Gasteiger charge is -2.36. The molecule has 0 saturated carbocycles. The van der Waals surface area contributed by atoms with E-state index in [0.717, 1.165) is 37.9 Å². The van der Waals surface area contributed by atoms with Crippen molar-refractivity contribution in [2.75, 3.05) is 20.1 Å². The zero-order chi connectivity index (χ0) is 12.8. The number of piperidine rings is 1. The standard InChI is InChI=1S/C14H22N2OS/c1-15-7-5-13-4-2-3-8-16(13)14(17)10-12-6-9-18-11-12/h6,9,11,13,15H,2-5,7-8,10H2,1H3. The Labute approximate surface area is 113 Å². The van der Waals surface area contributed by atoms with Gasteiger partial charge in [0.1, 0.15) is 0 Å². The summed E-state index contributed by atoms with van der Waals surface area (Å²) in [5, 5.41) is 7.30. The molecule has 0 bridgehead atoms. The van der Waals surface area contributed by atoms with Crippen molar-refractivity contribution in [1.29, 1.82) is 0 Å². The molecule has 2 rings (SSSR count). The average molecular weight is 266 g/mol. The van der Waals surface area contributed by atoms with Crippen LogP contribution in [0.25, 0.3) is 0 Å². The van der Waals surface area contributed by atoms with E-state index in [1.165, 1.54) is 6.42 Å². The fourth-order valence-electron chi connectivity index (χ4n) is 2.61. The molecule has 3 nitrogen and oxygen atoms in total. The molecule has 0 aromatic carbocycles. The van der Waals surface area contributed by atoms with E-state index in [0.29, 0.717) is 18.4 Å². The molecule has 1 unspecified atom stereocenters. The highest BCUT2D eigenvalue weighted by Crippen LogP contribution is 2.21. The van der Waals surface area contributed by atoms with Gasteiger partial charge in [0, 0.05) is 12.6 Å². The summed E-state index contributed by atoms with van der Waals surface area (Å²) in [4.78, 5) is 14.5. The first-order chi connectivity index (χ1) is 8.81. The van der Waals surface area contributed by atoms with Crippen LogP contribution < -0.4 is 5.32 Å². The first-order valence-corrected chi connectivity index (χ1v) is 7.70. The molecule has 0 aliphatic carbocycles. The second kappa shape index (κ2) is 6.90. The van der Waals surface area contributed by atoms with Gasteiger partial charge in [-0.1, -0.05) is 0 Å². The van der Waals surface area contributed by atoms with Gasteiger partial charge in [0.2, 0.25) is 5.91 Å². The van der Waals surface area contributed by atoms with Crippen molar-refractivity contribution < 1.29 is 4.79 Å². The van der Waals surface area contributed by atoms with E-state index in [-0.39, 0.29) is 0 Å². The molecule has 1 aliphatic heterocycles. The van der Waals surface area contributed by atoms with Crippen molar-refractivity contribution in [3.8, 4) is 0 Å². The maximum atomic E-state index is 12.3. The molecule has 1 atom stereocenters. The average Bonchev–Trinajstić information content (AvgIpc) is 2.89. The number of thiophene rings is 1. The van der Waals surface area contributed by atoms with Crippen LogP contribution in [0.3, 0.4) is 0 Å². The van der Waals surface area contributed by atoms with Gasteiger partial charge in [-0.3, -0.25) is 4.79 Å². The van der Waals surface area contributed by atoms with Crippen molar-refractivity contribution in [1.82, 2.24) is 10.2 Å². The van der Waals surface area contributed by atoms with E-state index in [1.54, 1.807) is 11.3 Å². The fourth-order valence-corrected chi connectivity index (χ4v) is 3.28. The smallest absolute Gasteiger partial charge is 0.227 e. The van der Waals surface area contributed by atoms with Crippen LogP contribution in [0.5, 0.6) is 0 Å². The topological polar surface area (TPSA) is 32.3 Å². The van der Waals surface area contributed by atoms with Gasteiger partial charge < -0.3 is 10.2 Å². The molecule has 100 valence electrons. The zero-order valence-corrected chi connectivity index (χ0v) is 11.8. The van der Waals surface area contributed by atoms with E-state index < -0.39 is 0 Å². The van der Waals surface area contributed by atoms with Crippen LogP contribution in [0.15, 0.2) is 16.8 Å². The van der Waals surface area contributed by atoms with Gasteiger partial charge in [0.25, 0.3) is 0 Å². The Morgan fingerprint density at radius 1 is 1.56 bits per heavy atom. The van der Waals surface area contributed by atoms with Crippen LogP contribution >= 0.6 is 11.3 Å². The number of carbonyl (C=O) groups excluding carboxylic acids is 1. The zero-order valence-electron chi connectivity index (χ0n) is 11.0. The SMILES string of the molecule is CNCCC1CCCCN1C(=O)Cc1ccsc1. The minimum absolute atomic E-state index is 0.300. The summed E-state index contributed by atoms with van der Waals surface area (Å²) < 4.78 is 0. The molecule has 1 aromatic heterocycles. The number of rotatable bonds is 5. The largest absolute Gasteiger partial charge is 0.339 e. The molecule has 1 fully saturated rings. The van der Waals surface area contributed by atoms with Gasteiger partial charge in [0.15, 0.2) is 0 Å². The van der Waals surface area contributed by atoms with Crippen LogP contribution in [0.2, 0.25) is 0 Å². The summed E-state index contributed by atoms with van der Waals surface area (Å²) in [7, 11) is 1.97. The molecule has 1 aliphatic rings. The first kappa shape index (κ1) is 13.6. The lowest BCUT2D eigenvalue weighted by molar-refractivity contribution is -0.134. The fraction of sp³-hybridized carbons (Fsp3) is 0.643. The summed E-state index contributed by atoms with van der Waals surface area (Å²) in [6, 6.07) is 2.49. The number of likely N-dealkylation sites (tertiary alicyclic amines) is 1. The number of nitrogens with one attached hydrogen (secondary N) is 1. The molecule has 1 amide bonds. The highest BCUT2D eigenvalue weighted by Gasteiger charge is 2.25. The molecule has 4 heteroatoms. The minimum Gasteiger partial charge on any atom is -0.339 e. The summed E-state index contributed by atoms with van der Waals surface area (Å²) in [6.45, 7) is 1.93. The summed E-state index contributed by atoms with van der Waals surface area (Å²) >= 11 is 1.66. The summed E-state index contributed by atoms with van der Waals surface area (Å²) in [6.07, 6.45) is 5.23. The Morgan fingerprint density at radius 3 is 3.17 bits per heavy atom. The van der Waals surface area contributed by atoms with Crippen molar-refractivity contribution >= 4 is 17.2 Å². The van der Waals surface area contributed by atoms with E-state index in [1.807, 2.05) is 12.4 Å². The quantitative estimate of drug-likeness (QED) is 0.887. The molecular weight excluding hydrogens is 244 g/mol. The number of hydrogen-bond acceptors (Lipinski definition) is 3. The Balaban J connectivity index is 1.92. The molecular formula is C14H22N2OS. The lowest BCUT2D eigenvalue weighted by Crippen LogP contribution is -2.45. The molecule has 18 heavy (non-hydrogen) atoms. The van der Waals surface area contributed by atoms with Gasteiger partial charge in [-0.2, -0.15) is 11.3 Å². The van der Waals surface area contributed by atoms with Crippen molar-refractivity contribution in [2.24, 2.45) is 0 Å². The van der Waals surface area contributed by atoms with Gasteiger partial charge in [0.05, 0.1) is 6.42 Å². The van der Waals surface area contributed by atoms with E-state index in [4.69, 9.17) is 0 Å². The molecule has 0 radical (unpaired) electrons. The normalized spacial score (nSPS) is 20.1. The van der Waals surface area contributed by atoms with Crippen molar-refractivity contribution in [2.45, 2.75) is 38.1 Å². The summed E-state index contributed by atoms with van der Waals surface area (Å²) in [5.41, 5.74) is 1.16. The number of carbonyl (C=O) groups is 1. The number of amides is 1. The highest BCUT2D eigenvalue weighted by atomic mass is 32.1. The van der Waals surface area contributed by atoms with E-state index in [9.17, 15) is 4.79 Å². The van der Waals surface area contributed by atoms with E-state index in [2.05, 4.69) is 21.7 Å². The third-order valence-corrected chi connectivity index (χ3v) is 4.34. The van der Waals surface area contributed by atoms with Crippen molar-refractivity contribution in [3.05, 3.63) is 22.4 Å². The van der Waals surface area contributed by atoms with Crippen LogP contribution in [0.4, 0.5) is 0 Å². The van der Waals surface area contributed by atoms with Gasteiger partial charge in [-0.25, -0.2) is 0 Å². The second-order valence-corrected chi connectivity index (χ2v) is 5.72. The molecule has 0 spiro atoms. The monoisotopic (exact) mass is 266 g/mol. The molecule has 1 N–H and O–H groups in total. The highest BCUT2D eigenvalue weighted by molar-refractivity contribution is 7.07. The predicted molar refractivity (Wildman–Crippen MR) is 75.9 cm³/mol. The van der Waals surface area contributed by atoms with Crippen LogP contribution in [-0.4, -0.2) is 37.0 Å². The maximum Gasteiger partial charge on any atom is 0.227 e. The Morgan fingerprint density at radius 2 is 2.44 bits per heavy atom. The second-order valence-electron chi connectivity index (χ2n) is 4.94. The third kappa shape index (κ3) is 3.56. The van der Waals surface area contributed by atoms with Gasteiger partial charge in [-0.05, 0) is 61.7 Å². The van der Waals surface area contributed by atoms with Crippen LogP contribution in [-0.2, 0) is 11.2 Å². The van der Waals surface area contributed by atoms with Crippen LogP contribution in [0.1, 0.15) is 31.2 Å². The van der Waals surface area contributed by atoms with Crippen LogP contribution in [0, 0.1) is 0 Å². The Bertz CT molecular complexity index is 364. The minimum atomic E-state index is 0.300. The predicted octanol–water partition coefficient (Wildman–Crippen LogP) is 2.28. The first-order valence-electron chi connectivity index (χ1n) is 6.76. The van der Waals surface area contributed by atoms with Gasteiger partial charge in [-0.15, -0.1) is 0 Å². The molecule has 2 heterocycles. The lowest BCUT2D eigenvalue weighted by atomic mass is 9.98. The maximum absolute atomic E-state index is 12.3. The van der Waals surface area contributed by atoms with E-state index >= 15 is 0 Å².